The summed E-state index contributed by atoms with van der Waals surface area (Å²) in [5.74, 6) is 1.26. The zero-order chi connectivity index (χ0) is 22.9. The molecular weight excluding hydrogens is 465 g/mol. The summed E-state index contributed by atoms with van der Waals surface area (Å²) in [6, 6.07) is 12.9. The maximum Gasteiger partial charge on any atom is 0.321 e. The van der Waals surface area contributed by atoms with Crippen LogP contribution in [0.4, 0.5) is 10.5 Å². The molecule has 4 rings (SSSR count). The number of hydrogen-bond acceptors (Lipinski definition) is 3. The van der Waals surface area contributed by atoms with Crippen molar-refractivity contribution in [1.29, 1.82) is 0 Å². The standard InChI is InChI=1S/C24H27Cl2N3O2S/c1-16(2)17-3-6-19(7-4-17)27-23(31)28-11-9-24(10-12-28)29(13-14-32-24)22(30)20-8-5-18(25)15-21(20)26/h3-8,15-16H,9-14H2,1-2H3,(H,27,31). The number of nitrogens with one attached hydrogen (secondary N) is 1. The van der Waals surface area contributed by atoms with Gasteiger partial charge in [-0.3, -0.25) is 4.79 Å². The Kier molecular flexibility index (Phi) is 6.94. The van der Waals surface area contributed by atoms with Crippen molar-refractivity contribution < 1.29 is 9.59 Å². The summed E-state index contributed by atoms with van der Waals surface area (Å²) >= 11 is 14.1. The molecule has 2 aliphatic rings. The first-order chi connectivity index (χ1) is 15.3. The van der Waals surface area contributed by atoms with E-state index in [1.54, 1.807) is 30.0 Å². The number of rotatable bonds is 3. The lowest BCUT2D eigenvalue weighted by Gasteiger charge is -2.44. The Hall–Kier alpha value is -1.89. The molecule has 2 aliphatic heterocycles. The van der Waals surface area contributed by atoms with E-state index in [1.807, 2.05) is 34.1 Å². The molecule has 8 heteroatoms. The number of piperidine rings is 1. The highest BCUT2D eigenvalue weighted by molar-refractivity contribution is 8.00. The van der Waals surface area contributed by atoms with Gasteiger partial charge in [0.1, 0.15) is 0 Å². The second-order valence-corrected chi connectivity index (χ2v) is 10.9. The molecule has 0 radical (unpaired) electrons. The van der Waals surface area contributed by atoms with E-state index in [2.05, 4.69) is 19.2 Å². The number of benzene rings is 2. The highest BCUT2D eigenvalue weighted by Crippen LogP contribution is 2.45. The first kappa shape index (κ1) is 23.3. The zero-order valence-corrected chi connectivity index (χ0v) is 20.6. The van der Waals surface area contributed by atoms with Crippen LogP contribution in [0.5, 0.6) is 0 Å². The summed E-state index contributed by atoms with van der Waals surface area (Å²) in [7, 11) is 0. The first-order valence-corrected chi connectivity index (χ1v) is 12.6. The largest absolute Gasteiger partial charge is 0.324 e. The van der Waals surface area contributed by atoms with Gasteiger partial charge in [0.2, 0.25) is 0 Å². The highest BCUT2D eigenvalue weighted by Gasteiger charge is 2.47. The number of hydrogen-bond donors (Lipinski definition) is 1. The predicted octanol–water partition coefficient (Wildman–Crippen LogP) is 6.33. The van der Waals surface area contributed by atoms with E-state index in [0.29, 0.717) is 41.2 Å². The lowest BCUT2D eigenvalue weighted by Crippen LogP contribution is -2.54. The Morgan fingerprint density at radius 3 is 2.34 bits per heavy atom. The van der Waals surface area contributed by atoms with Crippen molar-refractivity contribution in [2.24, 2.45) is 0 Å². The minimum atomic E-state index is -0.296. The normalized spacial score (nSPS) is 17.8. The number of carbonyl (C=O) groups excluding carboxylic acids is 2. The molecule has 3 amide bonds. The van der Waals surface area contributed by atoms with E-state index >= 15 is 0 Å². The maximum atomic E-state index is 13.3. The van der Waals surface area contributed by atoms with Crippen molar-refractivity contribution >= 4 is 52.6 Å². The van der Waals surface area contributed by atoms with Gasteiger partial charge in [0, 0.05) is 36.1 Å². The molecule has 2 aromatic rings. The zero-order valence-electron chi connectivity index (χ0n) is 18.2. The average Bonchev–Trinajstić information content (AvgIpc) is 3.17. The van der Waals surface area contributed by atoms with E-state index in [1.165, 1.54) is 5.56 Å². The van der Waals surface area contributed by atoms with Gasteiger partial charge in [-0.25, -0.2) is 4.79 Å². The number of halogens is 2. The average molecular weight is 492 g/mol. The molecule has 2 saturated heterocycles. The quantitative estimate of drug-likeness (QED) is 0.545. The van der Waals surface area contributed by atoms with Crippen LogP contribution in [-0.2, 0) is 0 Å². The van der Waals surface area contributed by atoms with Gasteiger partial charge in [0.05, 0.1) is 15.5 Å². The number of likely N-dealkylation sites (tertiary alicyclic amines) is 1. The summed E-state index contributed by atoms with van der Waals surface area (Å²) in [5.41, 5.74) is 2.51. The minimum Gasteiger partial charge on any atom is -0.324 e. The van der Waals surface area contributed by atoms with Crippen LogP contribution < -0.4 is 5.32 Å². The number of thioether (sulfide) groups is 1. The monoisotopic (exact) mass is 491 g/mol. The van der Waals surface area contributed by atoms with Gasteiger partial charge in [-0.15, -0.1) is 11.8 Å². The summed E-state index contributed by atoms with van der Waals surface area (Å²) in [4.78, 5) is 29.6. The van der Waals surface area contributed by atoms with Gasteiger partial charge in [0.25, 0.3) is 5.91 Å². The summed E-state index contributed by atoms with van der Waals surface area (Å²) < 4.78 is 0. The SMILES string of the molecule is CC(C)c1ccc(NC(=O)N2CCC3(CC2)SCCN3C(=O)c2ccc(Cl)cc2Cl)cc1. The fourth-order valence-corrected chi connectivity index (χ4v) is 6.28. The smallest absolute Gasteiger partial charge is 0.321 e. The Morgan fingerprint density at radius 2 is 1.72 bits per heavy atom. The molecule has 2 fully saturated rings. The molecule has 0 aliphatic carbocycles. The summed E-state index contributed by atoms with van der Waals surface area (Å²) in [5, 5.41) is 3.88. The number of carbonyl (C=O) groups is 2. The van der Waals surface area contributed by atoms with Gasteiger partial charge in [0.15, 0.2) is 0 Å². The van der Waals surface area contributed by atoms with Gasteiger partial charge in [-0.1, -0.05) is 49.2 Å². The van der Waals surface area contributed by atoms with Crippen molar-refractivity contribution in [3.05, 3.63) is 63.6 Å². The third kappa shape index (κ3) is 4.73. The second-order valence-electron chi connectivity index (χ2n) is 8.57. The van der Waals surface area contributed by atoms with Crippen molar-refractivity contribution in [2.75, 3.05) is 30.7 Å². The number of anilines is 1. The van der Waals surface area contributed by atoms with E-state index < -0.39 is 0 Å². The van der Waals surface area contributed by atoms with Gasteiger partial charge in [-0.2, -0.15) is 0 Å². The van der Waals surface area contributed by atoms with Crippen LogP contribution in [0.15, 0.2) is 42.5 Å². The molecule has 0 aromatic heterocycles. The molecule has 0 saturated carbocycles. The molecule has 0 bridgehead atoms. The van der Waals surface area contributed by atoms with Crippen molar-refractivity contribution in [3.63, 3.8) is 0 Å². The van der Waals surface area contributed by atoms with Crippen LogP contribution >= 0.6 is 35.0 Å². The van der Waals surface area contributed by atoms with E-state index in [4.69, 9.17) is 23.2 Å². The molecule has 170 valence electrons. The van der Waals surface area contributed by atoms with Crippen molar-refractivity contribution in [1.82, 2.24) is 9.80 Å². The van der Waals surface area contributed by atoms with Crippen LogP contribution in [-0.4, -0.2) is 52.0 Å². The Bertz CT molecular complexity index is 1000. The third-order valence-electron chi connectivity index (χ3n) is 6.24. The van der Waals surface area contributed by atoms with E-state index in [-0.39, 0.29) is 16.8 Å². The number of urea groups is 1. The van der Waals surface area contributed by atoms with Crippen LogP contribution in [0.1, 0.15) is 48.5 Å². The topological polar surface area (TPSA) is 52.7 Å². The summed E-state index contributed by atoms with van der Waals surface area (Å²) in [6.45, 7) is 6.17. The van der Waals surface area contributed by atoms with Crippen LogP contribution in [0, 0.1) is 0 Å². The van der Waals surface area contributed by atoms with Crippen molar-refractivity contribution in [2.45, 2.75) is 37.5 Å². The molecule has 2 aromatic carbocycles. The van der Waals surface area contributed by atoms with E-state index in [9.17, 15) is 9.59 Å². The Morgan fingerprint density at radius 1 is 1.03 bits per heavy atom. The molecule has 5 nitrogen and oxygen atoms in total. The fraction of sp³-hybridized carbons (Fsp3) is 0.417. The van der Waals surface area contributed by atoms with Crippen molar-refractivity contribution in [3.8, 4) is 0 Å². The molecule has 32 heavy (non-hydrogen) atoms. The third-order valence-corrected chi connectivity index (χ3v) is 8.35. The maximum absolute atomic E-state index is 13.3. The first-order valence-electron chi connectivity index (χ1n) is 10.9. The van der Waals surface area contributed by atoms with Gasteiger partial charge in [-0.05, 0) is 54.7 Å². The van der Waals surface area contributed by atoms with Gasteiger partial charge >= 0.3 is 6.03 Å². The molecule has 1 N–H and O–H groups in total. The Labute approximate surface area is 203 Å². The molecule has 2 heterocycles. The molecular formula is C24H27Cl2N3O2S. The number of amides is 3. The summed E-state index contributed by atoms with van der Waals surface area (Å²) in [6.07, 6.45) is 1.46. The minimum absolute atomic E-state index is 0.0696. The lowest BCUT2D eigenvalue weighted by molar-refractivity contribution is 0.0586. The Balaban J connectivity index is 1.40. The number of nitrogens with zero attached hydrogens (tertiary/aromatic N) is 2. The molecule has 0 unspecified atom stereocenters. The lowest BCUT2D eigenvalue weighted by atomic mass is 10.0. The van der Waals surface area contributed by atoms with Crippen LogP contribution in [0.25, 0.3) is 0 Å². The fourth-order valence-electron chi connectivity index (χ4n) is 4.33. The van der Waals surface area contributed by atoms with Gasteiger partial charge < -0.3 is 15.1 Å². The molecule has 1 spiro atoms. The second kappa shape index (κ2) is 9.54. The molecule has 0 atom stereocenters. The van der Waals surface area contributed by atoms with Crippen LogP contribution in [0.2, 0.25) is 10.0 Å². The van der Waals surface area contributed by atoms with E-state index in [0.717, 1.165) is 24.3 Å². The van der Waals surface area contributed by atoms with Crippen LogP contribution in [0.3, 0.4) is 0 Å². The highest BCUT2D eigenvalue weighted by atomic mass is 35.5. The predicted molar refractivity (Wildman–Crippen MR) is 133 cm³/mol.